The van der Waals surface area contributed by atoms with Crippen LogP contribution in [0.2, 0.25) is 0 Å². The van der Waals surface area contributed by atoms with Crippen molar-refractivity contribution in [2.24, 2.45) is 11.1 Å². The van der Waals surface area contributed by atoms with Gasteiger partial charge in [0.15, 0.2) is 0 Å². The third-order valence-corrected chi connectivity index (χ3v) is 3.87. The molecule has 0 spiro atoms. The van der Waals surface area contributed by atoms with Crippen molar-refractivity contribution in [2.75, 3.05) is 13.2 Å². The summed E-state index contributed by atoms with van der Waals surface area (Å²) in [7, 11) is 0. The van der Waals surface area contributed by atoms with Crippen LogP contribution in [-0.4, -0.2) is 13.2 Å². The van der Waals surface area contributed by atoms with E-state index in [0.717, 1.165) is 23.4 Å². The topological polar surface area (TPSA) is 35.2 Å². The molecule has 2 rings (SSSR count). The van der Waals surface area contributed by atoms with Crippen LogP contribution in [0, 0.1) is 5.41 Å². The molecule has 15 heavy (non-hydrogen) atoms. The highest BCUT2D eigenvalue weighted by Gasteiger charge is 2.36. The molecule has 0 atom stereocenters. The number of halogens is 1. The minimum Gasteiger partial charge on any atom is -0.492 e. The van der Waals surface area contributed by atoms with Crippen molar-refractivity contribution >= 4 is 15.9 Å². The molecule has 0 amide bonds. The number of ether oxygens (including phenoxy) is 1. The van der Waals surface area contributed by atoms with Gasteiger partial charge in [0.25, 0.3) is 0 Å². The predicted octanol–water partition coefficient (Wildman–Crippen LogP) is 2.96. The Hall–Kier alpha value is -0.540. The van der Waals surface area contributed by atoms with Gasteiger partial charge in [0.2, 0.25) is 0 Å². The lowest BCUT2D eigenvalue weighted by Crippen LogP contribution is -2.42. The average molecular weight is 270 g/mol. The molecule has 82 valence electrons. The fourth-order valence-electron chi connectivity index (χ4n) is 1.88. The Morgan fingerprint density at radius 2 is 2.07 bits per heavy atom. The van der Waals surface area contributed by atoms with Crippen molar-refractivity contribution in [3.8, 4) is 5.75 Å². The first-order valence-electron chi connectivity index (χ1n) is 5.33. The van der Waals surface area contributed by atoms with Gasteiger partial charge in [0, 0.05) is 12.0 Å². The zero-order valence-electron chi connectivity index (χ0n) is 8.71. The molecule has 1 aliphatic carbocycles. The first-order chi connectivity index (χ1) is 7.26. The maximum absolute atomic E-state index is 5.81. The van der Waals surface area contributed by atoms with E-state index >= 15 is 0 Å². The summed E-state index contributed by atoms with van der Waals surface area (Å²) in [6.07, 6.45) is 3.69. The van der Waals surface area contributed by atoms with Crippen LogP contribution in [0.3, 0.4) is 0 Å². The molecule has 0 heterocycles. The Labute approximate surface area is 98.9 Å². The number of benzene rings is 1. The molecule has 1 saturated carbocycles. The standard InChI is InChI=1S/C12H16BrNO/c13-10-4-1-2-5-11(10)15-9-12(8-14)6-3-7-12/h1-2,4-5H,3,6-9,14H2. The van der Waals surface area contributed by atoms with Crippen molar-refractivity contribution in [1.82, 2.24) is 0 Å². The van der Waals surface area contributed by atoms with E-state index in [9.17, 15) is 0 Å². The van der Waals surface area contributed by atoms with Crippen LogP contribution in [0.1, 0.15) is 19.3 Å². The number of hydrogen-bond donors (Lipinski definition) is 1. The highest BCUT2D eigenvalue weighted by Crippen LogP contribution is 2.40. The highest BCUT2D eigenvalue weighted by molar-refractivity contribution is 9.10. The van der Waals surface area contributed by atoms with E-state index in [1.165, 1.54) is 19.3 Å². The summed E-state index contributed by atoms with van der Waals surface area (Å²) in [5.41, 5.74) is 6.02. The van der Waals surface area contributed by atoms with Gasteiger partial charge < -0.3 is 10.5 Å². The van der Waals surface area contributed by atoms with Crippen molar-refractivity contribution < 1.29 is 4.74 Å². The molecular formula is C12H16BrNO. The molecule has 1 fully saturated rings. The van der Waals surface area contributed by atoms with Gasteiger partial charge in [-0.05, 0) is 40.9 Å². The summed E-state index contributed by atoms with van der Waals surface area (Å²) in [5.74, 6) is 0.914. The largest absolute Gasteiger partial charge is 0.492 e. The van der Waals surface area contributed by atoms with Crippen molar-refractivity contribution in [2.45, 2.75) is 19.3 Å². The van der Waals surface area contributed by atoms with Gasteiger partial charge in [-0.1, -0.05) is 18.6 Å². The minimum atomic E-state index is 0.245. The molecule has 2 N–H and O–H groups in total. The lowest BCUT2D eigenvalue weighted by atomic mass is 9.69. The van der Waals surface area contributed by atoms with Gasteiger partial charge in [0.05, 0.1) is 11.1 Å². The molecule has 0 aliphatic heterocycles. The summed E-state index contributed by atoms with van der Waals surface area (Å²) < 4.78 is 6.82. The molecule has 0 saturated heterocycles. The molecule has 1 aromatic carbocycles. The first kappa shape index (κ1) is 11.0. The second kappa shape index (κ2) is 4.54. The second-order valence-electron chi connectivity index (χ2n) is 4.28. The van der Waals surface area contributed by atoms with Crippen LogP contribution < -0.4 is 10.5 Å². The third kappa shape index (κ3) is 2.34. The molecule has 0 bridgehead atoms. The maximum atomic E-state index is 5.81. The molecule has 3 heteroatoms. The monoisotopic (exact) mass is 269 g/mol. The van der Waals surface area contributed by atoms with Crippen LogP contribution in [0.15, 0.2) is 28.7 Å². The summed E-state index contributed by atoms with van der Waals surface area (Å²) in [5, 5.41) is 0. The average Bonchev–Trinajstić information content (AvgIpc) is 2.19. The molecular weight excluding hydrogens is 254 g/mol. The maximum Gasteiger partial charge on any atom is 0.133 e. The van der Waals surface area contributed by atoms with Gasteiger partial charge in [-0.15, -0.1) is 0 Å². The smallest absolute Gasteiger partial charge is 0.133 e. The SMILES string of the molecule is NCC1(COc2ccccc2Br)CCC1. The molecule has 1 aromatic rings. The van der Waals surface area contributed by atoms with E-state index in [0.29, 0.717) is 0 Å². The van der Waals surface area contributed by atoms with Gasteiger partial charge >= 0.3 is 0 Å². The van der Waals surface area contributed by atoms with Gasteiger partial charge in [-0.2, -0.15) is 0 Å². The number of para-hydroxylation sites is 1. The van der Waals surface area contributed by atoms with Crippen LogP contribution in [0.4, 0.5) is 0 Å². The quantitative estimate of drug-likeness (QED) is 0.912. The Kier molecular flexibility index (Phi) is 3.32. The molecule has 0 unspecified atom stereocenters. The lowest BCUT2D eigenvalue weighted by Gasteiger charge is -2.40. The van der Waals surface area contributed by atoms with Crippen molar-refractivity contribution in [3.63, 3.8) is 0 Å². The number of nitrogens with two attached hydrogens (primary N) is 1. The van der Waals surface area contributed by atoms with Crippen LogP contribution in [-0.2, 0) is 0 Å². The first-order valence-corrected chi connectivity index (χ1v) is 6.12. The summed E-state index contributed by atoms with van der Waals surface area (Å²) in [6, 6.07) is 7.94. The number of rotatable bonds is 4. The van der Waals surface area contributed by atoms with Gasteiger partial charge in [-0.3, -0.25) is 0 Å². The minimum absolute atomic E-state index is 0.245. The molecule has 0 aromatic heterocycles. The highest BCUT2D eigenvalue weighted by atomic mass is 79.9. The zero-order valence-corrected chi connectivity index (χ0v) is 10.3. The zero-order chi connectivity index (χ0) is 10.7. The fourth-order valence-corrected chi connectivity index (χ4v) is 2.28. The summed E-state index contributed by atoms with van der Waals surface area (Å²) in [6.45, 7) is 1.48. The van der Waals surface area contributed by atoms with E-state index in [1.807, 2.05) is 24.3 Å². The van der Waals surface area contributed by atoms with E-state index in [-0.39, 0.29) is 5.41 Å². The number of hydrogen-bond acceptors (Lipinski definition) is 2. The van der Waals surface area contributed by atoms with E-state index < -0.39 is 0 Å². The van der Waals surface area contributed by atoms with Crippen LogP contribution >= 0.6 is 15.9 Å². The second-order valence-corrected chi connectivity index (χ2v) is 5.13. The molecule has 0 radical (unpaired) electrons. The van der Waals surface area contributed by atoms with Crippen LogP contribution in [0.25, 0.3) is 0 Å². The third-order valence-electron chi connectivity index (χ3n) is 3.22. The molecule has 2 nitrogen and oxygen atoms in total. The Bertz CT molecular complexity index is 331. The lowest BCUT2D eigenvalue weighted by molar-refractivity contribution is 0.0664. The summed E-state index contributed by atoms with van der Waals surface area (Å²) in [4.78, 5) is 0. The van der Waals surface area contributed by atoms with Crippen molar-refractivity contribution in [3.05, 3.63) is 28.7 Å². The Balaban J connectivity index is 1.95. The van der Waals surface area contributed by atoms with E-state index in [1.54, 1.807) is 0 Å². The van der Waals surface area contributed by atoms with E-state index in [4.69, 9.17) is 10.5 Å². The van der Waals surface area contributed by atoms with E-state index in [2.05, 4.69) is 15.9 Å². The fraction of sp³-hybridized carbons (Fsp3) is 0.500. The Morgan fingerprint density at radius 3 is 2.60 bits per heavy atom. The van der Waals surface area contributed by atoms with Gasteiger partial charge in [-0.25, -0.2) is 0 Å². The molecule has 1 aliphatic rings. The van der Waals surface area contributed by atoms with Crippen molar-refractivity contribution in [1.29, 1.82) is 0 Å². The predicted molar refractivity (Wildman–Crippen MR) is 65.0 cm³/mol. The summed E-state index contributed by atoms with van der Waals surface area (Å²) >= 11 is 3.47. The van der Waals surface area contributed by atoms with Gasteiger partial charge in [0.1, 0.15) is 5.75 Å². The normalized spacial score (nSPS) is 18.3. The van der Waals surface area contributed by atoms with Crippen LogP contribution in [0.5, 0.6) is 5.75 Å². The Morgan fingerprint density at radius 1 is 1.33 bits per heavy atom.